The highest BCUT2D eigenvalue weighted by Crippen LogP contribution is 2.39. The van der Waals surface area contributed by atoms with Crippen LogP contribution in [0.25, 0.3) is 0 Å². The maximum absolute atomic E-state index is 10.4. The van der Waals surface area contributed by atoms with Crippen molar-refractivity contribution in [2.45, 2.75) is 61.7 Å². The number of rotatable bonds is 8. The third-order valence-corrected chi connectivity index (χ3v) is 5.75. The molecule has 0 spiro atoms. The van der Waals surface area contributed by atoms with Gasteiger partial charge < -0.3 is 59.1 Å². The predicted molar refractivity (Wildman–Crippen MR) is 107 cm³/mol. The molecule has 0 saturated carbocycles. The zero-order chi connectivity index (χ0) is 23.7. The number of aliphatic hydroxyl groups is 6. The van der Waals surface area contributed by atoms with Gasteiger partial charge in [0.05, 0.1) is 13.2 Å². The van der Waals surface area contributed by atoms with Crippen LogP contribution in [-0.4, -0.2) is 106 Å². The monoisotopic (exact) mass is 472 g/mol. The number of ether oxygens (including phenoxy) is 6. The molecule has 184 valence electrons. The minimum atomic E-state index is -1.63. The molecule has 0 aliphatic carbocycles. The molecule has 3 aliphatic rings. The van der Waals surface area contributed by atoms with E-state index in [0.717, 1.165) is 0 Å². The topological polar surface area (TPSA) is 177 Å². The van der Waals surface area contributed by atoms with E-state index in [4.69, 9.17) is 28.4 Å². The van der Waals surface area contributed by atoms with Crippen LogP contribution >= 0.6 is 0 Å². The van der Waals surface area contributed by atoms with Crippen molar-refractivity contribution in [1.82, 2.24) is 0 Å². The van der Waals surface area contributed by atoms with Crippen molar-refractivity contribution in [2.24, 2.45) is 0 Å². The Balaban J connectivity index is 1.45. The van der Waals surface area contributed by atoms with Crippen molar-refractivity contribution in [3.05, 3.63) is 30.4 Å². The summed E-state index contributed by atoms with van der Waals surface area (Å²) < 4.78 is 32.9. The summed E-state index contributed by atoms with van der Waals surface area (Å²) in [4.78, 5) is 0. The fourth-order valence-corrected chi connectivity index (χ4v) is 3.86. The maximum atomic E-state index is 10.4. The average Bonchev–Trinajstić information content (AvgIpc) is 3.37. The quantitative estimate of drug-likeness (QED) is 0.225. The molecular formula is C21H28O12. The lowest BCUT2D eigenvalue weighted by molar-refractivity contribution is -0.290. The van der Waals surface area contributed by atoms with Gasteiger partial charge in [0.25, 0.3) is 0 Å². The first kappa shape index (κ1) is 24.1. The molecule has 33 heavy (non-hydrogen) atoms. The van der Waals surface area contributed by atoms with Gasteiger partial charge in [-0.2, -0.15) is 0 Å². The van der Waals surface area contributed by atoms with Crippen molar-refractivity contribution in [2.75, 3.05) is 20.0 Å². The zero-order valence-corrected chi connectivity index (χ0v) is 17.6. The van der Waals surface area contributed by atoms with Gasteiger partial charge in [0.1, 0.15) is 48.5 Å². The molecule has 2 fully saturated rings. The van der Waals surface area contributed by atoms with Gasteiger partial charge in [-0.25, -0.2) is 0 Å². The molecule has 2 saturated heterocycles. The van der Waals surface area contributed by atoms with Crippen molar-refractivity contribution in [3.8, 4) is 17.2 Å². The molecule has 12 heteroatoms. The molecule has 9 atom stereocenters. The number of aliphatic hydroxyl groups excluding tert-OH is 6. The molecule has 0 amide bonds. The van der Waals surface area contributed by atoms with E-state index in [-0.39, 0.29) is 13.4 Å². The van der Waals surface area contributed by atoms with Gasteiger partial charge in [0, 0.05) is 11.6 Å². The van der Waals surface area contributed by atoms with E-state index in [9.17, 15) is 30.6 Å². The van der Waals surface area contributed by atoms with Crippen LogP contribution in [0.15, 0.2) is 24.8 Å². The Morgan fingerprint density at radius 3 is 2.18 bits per heavy atom. The van der Waals surface area contributed by atoms with Crippen molar-refractivity contribution >= 4 is 0 Å². The first-order chi connectivity index (χ1) is 15.8. The standard InChI is InChI=1S/C21H28O12/c1-2-3-9-4-11-12(30-8-29-11)5-10(9)31-21-19(27)17(25)16(24)14(33-21)7-28-20-18(26)15(23)13(6-22)32-20/h2,4-5,13-27H,1,3,6-8H2. The van der Waals surface area contributed by atoms with E-state index in [1.807, 2.05) is 0 Å². The van der Waals surface area contributed by atoms with Crippen LogP contribution in [0.2, 0.25) is 0 Å². The minimum absolute atomic E-state index is 0.0557. The van der Waals surface area contributed by atoms with Gasteiger partial charge in [0.15, 0.2) is 17.8 Å². The fourth-order valence-electron chi connectivity index (χ4n) is 3.86. The largest absolute Gasteiger partial charge is 0.462 e. The van der Waals surface area contributed by atoms with Gasteiger partial charge in [-0.05, 0) is 12.5 Å². The average molecular weight is 472 g/mol. The van der Waals surface area contributed by atoms with Gasteiger partial charge in [-0.1, -0.05) is 6.08 Å². The van der Waals surface area contributed by atoms with Crippen LogP contribution < -0.4 is 14.2 Å². The van der Waals surface area contributed by atoms with E-state index in [1.165, 1.54) is 0 Å². The number of allylic oxidation sites excluding steroid dienone is 1. The van der Waals surface area contributed by atoms with Gasteiger partial charge in [-0.15, -0.1) is 6.58 Å². The molecule has 12 nitrogen and oxygen atoms in total. The van der Waals surface area contributed by atoms with E-state index < -0.39 is 61.9 Å². The van der Waals surface area contributed by atoms with Crippen molar-refractivity contribution < 1.29 is 59.1 Å². The Kier molecular flexibility index (Phi) is 7.38. The highest BCUT2D eigenvalue weighted by Gasteiger charge is 2.47. The summed E-state index contributed by atoms with van der Waals surface area (Å²) in [6.07, 6.45) is -10.3. The maximum Gasteiger partial charge on any atom is 0.231 e. The second-order valence-electron chi connectivity index (χ2n) is 7.98. The SMILES string of the molecule is C=CCc1cc2c(cc1OC1OC(COC3OC(CO)C(O)C3O)C(O)C(O)C1O)OCO2. The summed E-state index contributed by atoms with van der Waals surface area (Å²) in [6.45, 7) is 2.86. The number of benzene rings is 1. The summed E-state index contributed by atoms with van der Waals surface area (Å²) in [5, 5.41) is 60.1. The second-order valence-corrected chi connectivity index (χ2v) is 7.98. The smallest absolute Gasteiger partial charge is 0.231 e. The van der Waals surface area contributed by atoms with Gasteiger partial charge in [-0.3, -0.25) is 0 Å². The van der Waals surface area contributed by atoms with E-state index in [0.29, 0.717) is 29.2 Å². The summed E-state index contributed by atoms with van der Waals surface area (Å²) in [6, 6.07) is 3.28. The van der Waals surface area contributed by atoms with Gasteiger partial charge in [0.2, 0.25) is 13.1 Å². The molecule has 0 radical (unpaired) electrons. The highest BCUT2D eigenvalue weighted by atomic mass is 16.7. The normalized spacial score (nSPS) is 37.8. The lowest BCUT2D eigenvalue weighted by atomic mass is 9.99. The molecular weight excluding hydrogens is 444 g/mol. The van der Waals surface area contributed by atoms with Crippen LogP contribution in [0, 0.1) is 0 Å². The summed E-state index contributed by atoms with van der Waals surface area (Å²) >= 11 is 0. The number of hydrogen-bond acceptors (Lipinski definition) is 12. The molecule has 1 aromatic carbocycles. The third kappa shape index (κ3) is 4.80. The Labute approximate surface area is 189 Å². The van der Waals surface area contributed by atoms with E-state index >= 15 is 0 Å². The Hall–Kier alpha value is -2.00. The molecule has 9 unspecified atom stereocenters. The zero-order valence-electron chi connectivity index (χ0n) is 17.6. The molecule has 4 rings (SSSR count). The second kappa shape index (κ2) is 10.1. The van der Waals surface area contributed by atoms with Crippen molar-refractivity contribution in [1.29, 1.82) is 0 Å². The number of fused-ring (bicyclic) bond motifs is 1. The lowest BCUT2D eigenvalue weighted by Gasteiger charge is -2.40. The Morgan fingerprint density at radius 1 is 0.879 bits per heavy atom. The van der Waals surface area contributed by atoms with Gasteiger partial charge >= 0.3 is 0 Å². The van der Waals surface area contributed by atoms with Crippen molar-refractivity contribution in [3.63, 3.8) is 0 Å². The first-order valence-electron chi connectivity index (χ1n) is 10.5. The third-order valence-electron chi connectivity index (χ3n) is 5.75. The first-order valence-corrected chi connectivity index (χ1v) is 10.5. The lowest BCUT2D eigenvalue weighted by Crippen LogP contribution is -2.60. The van der Waals surface area contributed by atoms with Crippen LogP contribution in [0.1, 0.15) is 5.56 Å². The molecule has 0 aromatic heterocycles. The molecule has 3 heterocycles. The molecule has 3 aliphatic heterocycles. The highest BCUT2D eigenvalue weighted by molar-refractivity contribution is 5.52. The predicted octanol–water partition coefficient (Wildman–Crippen LogP) is -2.21. The van der Waals surface area contributed by atoms with E-state index in [1.54, 1.807) is 18.2 Å². The Morgan fingerprint density at radius 2 is 1.52 bits per heavy atom. The Bertz CT molecular complexity index is 834. The summed E-state index contributed by atoms with van der Waals surface area (Å²) in [7, 11) is 0. The summed E-state index contributed by atoms with van der Waals surface area (Å²) in [5.41, 5.74) is 0.671. The molecule has 0 bridgehead atoms. The molecule has 6 N–H and O–H groups in total. The fraction of sp³-hybridized carbons (Fsp3) is 0.619. The minimum Gasteiger partial charge on any atom is -0.462 e. The molecule has 1 aromatic rings. The summed E-state index contributed by atoms with van der Waals surface area (Å²) in [5.74, 6) is 1.27. The van der Waals surface area contributed by atoms with Crippen LogP contribution in [0.5, 0.6) is 17.2 Å². The van der Waals surface area contributed by atoms with Crippen LogP contribution in [-0.2, 0) is 20.6 Å². The number of hydrogen-bond donors (Lipinski definition) is 6. The van der Waals surface area contributed by atoms with E-state index in [2.05, 4.69) is 6.58 Å². The van der Waals surface area contributed by atoms with Crippen LogP contribution in [0.3, 0.4) is 0 Å². The van der Waals surface area contributed by atoms with Crippen LogP contribution in [0.4, 0.5) is 0 Å².